The molecule has 1 aliphatic heterocycles. The minimum absolute atomic E-state index is 0. The Morgan fingerprint density at radius 2 is 2.29 bits per heavy atom. The van der Waals surface area contributed by atoms with Crippen molar-refractivity contribution in [2.45, 2.75) is 25.8 Å². The number of nitrogens with one attached hydrogen (secondary N) is 2. The molecular formula is C15H22Cl2N2O2. The van der Waals surface area contributed by atoms with Crippen LogP contribution in [0.2, 0.25) is 5.02 Å². The van der Waals surface area contributed by atoms with Gasteiger partial charge in [0.25, 0.3) is 0 Å². The molecule has 0 aliphatic carbocycles. The average Bonchev–Trinajstić information content (AvgIpc) is 2.41. The molecule has 0 bridgehead atoms. The topological polar surface area (TPSA) is 50.4 Å². The summed E-state index contributed by atoms with van der Waals surface area (Å²) < 4.78 is 5.26. The second-order valence-corrected chi connectivity index (χ2v) is 5.71. The van der Waals surface area contributed by atoms with E-state index >= 15 is 0 Å². The van der Waals surface area contributed by atoms with Crippen LogP contribution in [0.3, 0.4) is 0 Å². The minimum Gasteiger partial charge on any atom is -0.496 e. The average molecular weight is 333 g/mol. The van der Waals surface area contributed by atoms with Gasteiger partial charge in [-0.2, -0.15) is 0 Å². The van der Waals surface area contributed by atoms with E-state index in [0.717, 1.165) is 25.1 Å². The standard InChI is InChI=1S/C15H21ClN2O2.ClH/c1-10-9-17-6-5-13(10)18-15(19)8-11-7-12(16)3-4-14(11)20-2;/h3-4,7,10,13,17H,5-6,8-9H2,1-2H3,(H,18,19);1H. The fourth-order valence-electron chi connectivity index (χ4n) is 2.54. The Hall–Kier alpha value is -0.970. The molecule has 1 aromatic rings. The predicted octanol–water partition coefficient (Wildman–Crippen LogP) is 2.43. The number of benzene rings is 1. The van der Waals surface area contributed by atoms with Crippen molar-refractivity contribution in [2.75, 3.05) is 20.2 Å². The normalized spacial score (nSPS) is 21.3. The van der Waals surface area contributed by atoms with Crippen LogP contribution in [0.1, 0.15) is 18.9 Å². The summed E-state index contributed by atoms with van der Waals surface area (Å²) in [4.78, 5) is 12.2. The molecule has 0 aromatic heterocycles. The summed E-state index contributed by atoms with van der Waals surface area (Å²) in [6.45, 7) is 4.05. The number of ether oxygens (including phenoxy) is 1. The molecular weight excluding hydrogens is 311 g/mol. The molecule has 118 valence electrons. The van der Waals surface area contributed by atoms with Gasteiger partial charge in [0.15, 0.2) is 0 Å². The van der Waals surface area contributed by atoms with Gasteiger partial charge in [0, 0.05) is 16.6 Å². The Morgan fingerprint density at radius 1 is 1.52 bits per heavy atom. The van der Waals surface area contributed by atoms with Crippen LogP contribution in [0.15, 0.2) is 18.2 Å². The minimum atomic E-state index is 0. The van der Waals surface area contributed by atoms with Crippen molar-refractivity contribution in [3.05, 3.63) is 28.8 Å². The van der Waals surface area contributed by atoms with E-state index in [4.69, 9.17) is 16.3 Å². The zero-order valence-corrected chi connectivity index (χ0v) is 13.9. The van der Waals surface area contributed by atoms with E-state index in [-0.39, 0.29) is 24.4 Å². The summed E-state index contributed by atoms with van der Waals surface area (Å²) in [6, 6.07) is 5.58. The number of hydrogen-bond acceptors (Lipinski definition) is 3. The number of carbonyl (C=O) groups is 1. The first-order valence-corrected chi connectivity index (χ1v) is 7.30. The van der Waals surface area contributed by atoms with E-state index < -0.39 is 0 Å². The molecule has 1 amide bonds. The van der Waals surface area contributed by atoms with Crippen LogP contribution >= 0.6 is 24.0 Å². The van der Waals surface area contributed by atoms with Crippen molar-refractivity contribution >= 4 is 29.9 Å². The second-order valence-electron chi connectivity index (χ2n) is 5.28. The number of amides is 1. The highest BCUT2D eigenvalue weighted by atomic mass is 35.5. The number of hydrogen-bond donors (Lipinski definition) is 2. The number of piperidine rings is 1. The van der Waals surface area contributed by atoms with Crippen molar-refractivity contribution in [2.24, 2.45) is 5.92 Å². The van der Waals surface area contributed by atoms with Gasteiger partial charge in [0.05, 0.1) is 13.5 Å². The second kappa shape index (κ2) is 8.47. The Balaban J connectivity index is 0.00000220. The van der Waals surface area contributed by atoms with Crippen LogP contribution in [0.25, 0.3) is 0 Å². The zero-order chi connectivity index (χ0) is 14.5. The van der Waals surface area contributed by atoms with E-state index in [9.17, 15) is 4.79 Å². The Labute approximate surface area is 137 Å². The molecule has 0 radical (unpaired) electrons. The van der Waals surface area contributed by atoms with Crippen molar-refractivity contribution in [1.29, 1.82) is 0 Å². The molecule has 21 heavy (non-hydrogen) atoms. The summed E-state index contributed by atoms with van der Waals surface area (Å²) in [5.74, 6) is 1.17. The summed E-state index contributed by atoms with van der Waals surface area (Å²) in [6.07, 6.45) is 1.26. The summed E-state index contributed by atoms with van der Waals surface area (Å²) in [5, 5.41) is 7.05. The third-order valence-corrected chi connectivity index (χ3v) is 3.96. The highest BCUT2D eigenvalue weighted by Crippen LogP contribution is 2.23. The van der Waals surface area contributed by atoms with Crippen LogP contribution < -0.4 is 15.4 Å². The van der Waals surface area contributed by atoms with Gasteiger partial charge in [-0.3, -0.25) is 4.79 Å². The van der Waals surface area contributed by atoms with Gasteiger partial charge in [-0.1, -0.05) is 18.5 Å². The van der Waals surface area contributed by atoms with Gasteiger partial charge in [-0.15, -0.1) is 12.4 Å². The van der Waals surface area contributed by atoms with Crippen LogP contribution in [0.5, 0.6) is 5.75 Å². The first kappa shape index (κ1) is 18.1. The maximum atomic E-state index is 12.2. The highest BCUT2D eigenvalue weighted by molar-refractivity contribution is 6.30. The number of carbonyl (C=O) groups excluding carboxylic acids is 1. The molecule has 6 heteroatoms. The van der Waals surface area contributed by atoms with Crippen molar-refractivity contribution in [3.8, 4) is 5.75 Å². The molecule has 2 unspecified atom stereocenters. The third-order valence-electron chi connectivity index (χ3n) is 3.73. The van der Waals surface area contributed by atoms with Crippen LogP contribution in [0, 0.1) is 5.92 Å². The number of halogens is 2. The lowest BCUT2D eigenvalue weighted by Crippen LogP contribution is -2.48. The number of methoxy groups -OCH3 is 1. The lowest BCUT2D eigenvalue weighted by molar-refractivity contribution is -0.121. The van der Waals surface area contributed by atoms with Gasteiger partial charge in [-0.25, -0.2) is 0 Å². The summed E-state index contributed by atoms with van der Waals surface area (Å²) in [5.41, 5.74) is 0.819. The monoisotopic (exact) mass is 332 g/mol. The molecule has 1 aromatic carbocycles. The van der Waals surface area contributed by atoms with E-state index in [2.05, 4.69) is 17.6 Å². The SMILES string of the molecule is COc1ccc(Cl)cc1CC(=O)NC1CCNCC1C.Cl. The largest absolute Gasteiger partial charge is 0.496 e. The molecule has 1 fully saturated rings. The first-order valence-electron chi connectivity index (χ1n) is 6.92. The van der Waals surface area contributed by atoms with Crippen molar-refractivity contribution in [3.63, 3.8) is 0 Å². The Morgan fingerprint density at radius 3 is 2.95 bits per heavy atom. The lowest BCUT2D eigenvalue weighted by Gasteiger charge is -2.30. The lowest BCUT2D eigenvalue weighted by atomic mass is 9.95. The molecule has 4 nitrogen and oxygen atoms in total. The molecule has 1 saturated heterocycles. The summed E-state index contributed by atoms with van der Waals surface area (Å²) >= 11 is 5.98. The maximum Gasteiger partial charge on any atom is 0.224 e. The zero-order valence-electron chi connectivity index (χ0n) is 12.3. The van der Waals surface area contributed by atoms with Crippen LogP contribution in [0.4, 0.5) is 0 Å². The fraction of sp³-hybridized carbons (Fsp3) is 0.533. The quantitative estimate of drug-likeness (QED) is 0.890. The molecule has 0 saturated carbocycles. The van der Waals surface area contributed by atoms with Gasteiger partial charge < -0.3 is 15.4 Å². The van der Waals surface area contributed by atoms with E-state index in [0.29, 0.717) is 23.1 Å². The molecule has 2 rings (SSSR count). The van der Waals surface area contributed by atoms with Crippen molar-refractivity contribution < 1.29 is 9.53 Å². The molecule has 0 spiro atoms. The molecule has 1 heterocycles. The molecule has 2 atom stereocenters. The van der Waals surface area contributed by atoms with Gasteiger partial charge >= 0.3 is 0 Å². The smallest absolute Gasteiger partial charge is 0.224 e. The van der Waals surface area contributed by atoms with Gasteiger partial charge in [0.1, 0.15) is 5.75 Å². The summed E-state index contributed by atoms with van der Waals surface area (Å²) in [7, 11) is 1.60. The molecule has 2 N–H and O–H groups in total. The van der Waals surface area contributed by atoms with E-state index in [1.165, 1.54) is 0 Å². The van der Waals surface area contributed by atoms with Crippen LogP contribution in [-0.4, -0.2) is 32.1 Å². The fourth-order valence-corrected chi connectivity index (χ4v) is 2.74. The van der Waals surface area contributed by atoms with Crippen LogP contribution in [-0.2, 0) is 11.2 Å². The Bertz CT molecular complexity index is 483. The van der Waals surface area contributed by atoms with E-state index in [1.54, 1.807) is 25.3 Å². The first-order chi connectivity index (χ1) is 9.60. The molecule has 1 aliphatic rings. The van der Waals surface area contributed by atoms with E-state index in [1.807, 2.05) is 0 Å². The van der Waals surface area contributed by atoms with Gasteiger partial charge in [0.2, 0.25) is 5.91 Å². The Kier molecular flexibility index (Phi) is 7.29. The van der Waals surface area contributed by atoms with Crippen molar-refractivity contribution in [1.82, 2.24) is 10.6 Å². The maximum absolute atomic E-state index is 12.2. The van der Waals surface area contributed by atoms with Gasteiger partial charge in [-0.05, 0) is 43.6 Å². The predicted molar refractivity (Wildman–Crippen MR) is 87.5 cm³/mol. The number of rotatable bonds is 4. The highest BCUT2D eigenvalue weighted by Gasteiger charge is 2.22. The third kappa shape index (κ3) is 5.06.